The molecule has 31 heteroatoms. The summed E-state index contributed by atoms with van der Waals surface area (Å²) in [6.45, 7) is 21.5. The second-order valence-corrected chi connectivity index (χ2v) is 20.1. The number of amides is 4. The van der Waals surface area contributed by atoms with E-state index in [0.29, 0.717) is 166 Å². The first-order valence-corrected chi connectivity index (χ1v) is 33.2. The number of amidine groups is 1. The summed E-state index contributed by atoms with van der Waals surface area (Å²) in [6.07, 6.45) is 4.81. The minimum Gasteiger partial charge on any atom is -1.00 e. The number of aliphatic hydroxyl groups excluding tert-OH is 2. The van der Waals surface area contributed by atoms with Crippen molar-refractivity contribution in [3.8, 4) is 0 Å². The van der Waals surface area contributed by atoms with Gasteiger partial charge in [0.25, 0.3) is 23.6 Å². The summed E-state index contributed by atoms with van der Waals surface area (Å²) in [7, 11) is 1.50. The number of hydrogen-bond donors (Lipinski definition) is 7. The third kappa shape index (κ3) is 59.1. The van der Waals surface area contributed by atoms with Crippen LogP contribution >= 0.6 is 64.8 Å². The molecule has 2 aliphatic heterocycles. The van der Waals surface area contributed by atoms with Gasteiger partial charge in [-0.05, 0) is 63.4 Å². The van der Waals surface area contributed by atoms with Gasteiger partial charge in [-0.1, -0.05) is 92.8 Å². The molecular weight excluding hydrogens is 1590 g/mol. The van der Waals surface area contributed by atoms with E-state index < -0.39 is 0 Å². The molecule has 0 bridgehead atoms. The Balaban J connectivity index is -0.000000241. The van der Waals surface area contributed by atoms with Crippen LogP contribution in [0.4, 0.5) is 0 Å². The summed E-state index contributed by atoms with van der Waals surface area (Å²) in [6, 6.07) is 13.7. The van der Waals surface area contributed by atoms with Crippen molar-refractivity contribution in [2.75, 3.05) is 214 Å². The summed E-state index contributed by atoms with van der Waals surface area (Å²) in [4.78, 5) is 50.6. The number of nitrogens with one attached hydrogen (secondary N) is 2. The molecule has 91 heavy (non-hydrogen) atoms. The second kappa shape index (κ2) is 78.8. The topological polar surface area (TPSA) is 352 Å². The van der Waals surface area contributed by atoms with E-state index >= 15 is 0 Å². The molecule has 0 atom stereocenters. The molecule has 2 aromatic rings. The minimum atomic E-state index is -0.246. The Kier molecular flexibility index (Phi) is 86.7. The molecule has 25 nitrogen and oxygen atoms in total. The number of fused-ring (bicyclic) bond motifs is 2. The predicted octanol–water partition coefficient (Wildman–Crippen LogP) is 0.355. The van der Waals surface area contributed by atoms with E-state index in [1.165, 1.54) is 16.8 Å². The van der Waals surface area contributed by atoms with Crippen LogP contribution in [0.3, 0.4) is 0 Å². The van der Waals surface area contributed by atoms with Crippen molar-refractivity contribution >= 4 is 99.9 Å². The number of imide groups is 2. The highest BCUT2D eigenvalue weighted by Gasteiger charge is 2.35. The average Bonchev–Trinajstić information content (AvgIpc) is 1.67. The molecular formula is C60H107Br6N7O18-2. The largest absolute Gasteiger partial charge is 1.00 e. The molecule has 0 saturated heterocycles. The number of alkyl halides is 3. The molecule has 4 rings (SSSR count). The number of halogens is 6. The molecule has 2 aliphatic rings. The Bertz CT molecular complexity index is 1770. The van der Waals surface area contributed by atoms with E-state index in [1.807, 2.05) is 6.92 Å². The van der Waals surface area contributed by atoms with Gasteiger partial charge in [0.2, 0.25) is 0 Å². The molecule has 0 aliphatic carbocycles. The van der Waals surface area contributed by atoms with Crippen LogP contribution in [0.5, 0.6) is 0 Å². The quantitative estimate of drug-likeness (QED) is 0.0155. The molecule has 4 amide bonds. The molecule has 534 valence electrons. The van der Waals surface area contributed by atoms with Gasteiger partial charge in [0, 0.05) is 61.1 Å². The first-order chi connectivity index (χ1) is 42.9. The Morgan fingerprint density at radius 3 is 0.934 bits per heavy atom. The molecule has 10 N–H and O–H groups in total. The Morgan fingerprint density at radius 1 is 0.429 bits per heavy atom. The first kappa shape index (κ1) is 100. The zero-order chi connectivity index (χ0) is 65.9. The lowest BCUT2D eigenvalue weighted by Gasteiger charge is -2.13. The Hall–Kier alpha value is -1.90. The van der Waals surface area contributed by atoms with E-state index in [9.17, 15) is 19.2 Å². The van der Waals surface area contributed by atoms with Crippen LogP contribution in [0.1, 0.15) is 101 Å². The van der Waals surface area contributed by atoms with Gasteiger partial charge in [0.1, 0.15) is 0 Å². The minimum absolute atomic E-state index is 0. The molecule has 0 saturated carbocycles. The number of carbonyl (C=O) groups excluding carboxylic acids is 4. The summed E-state index contributed by atoms with van der Waals surface area (Å²) < 4.78 is 62.1. The lowest BCUT2D eigenvalue weighted by atomic mass is 10.1. The normalized spacial score (nSPS) is 11.4. The fraction of sp³-hybridized carbons (Fsp3) is 0.700. The van der Waals surface area contributed by atoms with Gasteiger partial charge in [0.15, 0.2) is 0 Å². The highest BCUT2D eigenvalue weighted by Crippen LogP contribution is 2.23. The van der Waals surface area contributed by atoms with Crippen molar-refractivity contribution < 1.29 is 120 Å². The molecule has 0 unspecified atom stereocenters. The van der Waals surface area contributed by atoms with Crippen molar-refractivity contribution in [2.45, 2.75) is 59.3 Å². The number of rotatable bonds is 48. The maximum absolute atomic E-state index is 12.0. The molecule has 0 spiro atoms. The fourth-order valence-electron chi connectivity index (χ4n) is 6.64. The van der Waals surface area contributed by atoms with Gasteiger partial charge in [-0.25, -0.2) is 0 Å². The third-order valence-electron chi connectivity index (χ3n) is 10.5. The lowest BCUT2D eigenvalue weighted by molar-refractivity contribution is -0.001000. The van der Waals surface area contributed by atoms with Crippen LogP contribution < -0.4 is 51.2 Å². The van der Waals surface area contributed by atoms with E-state index in [0.717, 1.165) is 74.7 Å². The van der Waals surface area contributed by atoms with Gasteiger partial charge in [0.05, 0.1) is 187 Å². The van der Waals surface area contributed by atoms with Crippen LogP contribution in [-0.4, -0.2) is 270 Å². The van der Waals surface area contributed by atoms with Crippen LogP contribution in [0.15, 0.2) is 48.5 Å². The van der Waals surface area contributed by atoms with Crippen molar-refractivity contribution in [3.63, 3.8) is 0 Å². The number of hydrogen-bond acceptors (Lipinski definition) is 22. The standard InChI is InChI=1S/C15H19NO4.C14H16BrNO4.C11H23N3O2.C7H17NO2.C6H12Br2O2.C6H14O4.CH5N.3BrH/c1-2-8-19-10-11-20-9-7-16-14(17)12-5-3-4-6-13(12)15(16)18;15-5-7-19-9-10-20-8-6-16-13(17)11-3-1-2-4-12(11)14(16)18;1-2-5-15-7-8-16-6-3-4-10(12)9-11(13)14;1-2-4-9-6-7-10-5-3-8;2*7-1-3-9-5-6-10-4-2-8;1-2;;;/h3-6H,2,7-11H2,1H3;1-4H,5-10H2;12H,2-9H2,1H3,(H3,13,14);2-8H2,1H3;1-6H2;7-8H,1-6H2;2H2,1H3;3*1H/p-2. The second-order valence-electron chi connectivity index (χ2n) is 17.7. The fourth-order valence-corrected chi connectivity index (χ4v) is 7.33. The summed E-state index contributed by atoms with van der Waals surface area (Å²) in [5.74, 6) is -0.916. The highest BCUT2D eigenvalue weighted by atomic mass is 79.9. The molecule has 2 heterocycles. The lowest BCUT2D eigenvalue weighted by Crippen LogP contribution is -3.00. The summed E-state index contributed by atoms with van der Waals surface area (Å²) >= 11 is 9.77. The molecule has 0 fully saturated rings. The number of nitrogens with two attached hydrogens (primary N) is 3. The van der Waals surface area contributed by atoms with Crippen molar-refractivity contribution in [1.82, 2.24) is 9.80 Å². The van der Waals surface area contributed by atoms with Crippen LogP contribution in [0, 0.1) is 10.8 Å². The Morgan fingerprint density at radius 2 is 0.681 bits per heavy atom. The average molecular weight is 1690 g/mol. The molecule has 2 aromatic carbocycles. The highest BCUT2D eigenvalue weighted by molar-refractivity contribution is 9.09. The molecule has 0 aromatic heterocycles. The number of benzene rings is 2. The number of ether oxygens (including phenoxy) is 12. The zero-order valence-corrected chi connectivity index (χ0v) is 63.5. The molecule has 0 radical (unpaired) electrons. The van der Waals surface area contributed by atoms with Gasteiger partial charge in [-0.3, -0.25) is 34.4 Å². The SMILES string of the molecule is Br.BrCCOCCOCCBr.CCCOCCOCCCC(=N)CC(=N)N.CCCOCCOCCN.CCCOCCOCCN1C(=O)c2ccccc2C1=O.CN.O=C1c2ccccc2C(=O)N1CCOCCOCCBr.OCCOCCOCCO.[Br-].[Br-]. The van der Waals surface area contributed by atoms with Gasteiger partial charge < -0.3 is 124 Å². The van der Waals surface area contributed by atoms with E-state index in [4.69, 9.17) is 89.3 Å². The van der Waals surface area contributed by atoms with Crippen LogP contribution in [-0.2, 0) is 56.8 Å². The maximum Gasteiger partial charge on any atom is 0.261 e. The number of carbonyl (C=O) groups is 4. The third-order valence-corrected chi connectivity index (χ3v) is 11.5. The summed E-state index contributed by atoms with van der Waals surface area (Å²) in [5, 5.41) is 33.6. The smallest absolute Gasteiger partial charge is 0.261 e. The monoisotopic (exact) mass is 1690 g/mol. The predicted molar refractivity (Wildman–Crippen MR) is 363 cm³/mol. The number of nitrogens with zero attached hydrogens (tertiary/aromatic N) is 2. The van der Waals surface area contributed by atoms with Crippen molar-refractivity contribution in [1.29, 1.82) is 10.8 Å². The van der Waals surface area contributed by atoms with E-state index in [2.05, 4.69) is 67.4 Å². The van der Waals surface area contributed by atoms with E-state index in [-0.39, 0.29) is 113 Å². The van der Waals surface area contributed by atoms with Crippen LogP contribution in [0.2, 0.25) is 0 Å². The van der Waals surface area contributed by atoms with Crippen molar-refractivity contribution in [3.05, 3.63) is 70.8 Å². The first-order valence-electron chi connectivity index (χ1n) is 29.8. The van der Waals surface area contributed by atoms with E-state index in [1.54, 1.807) is 48.5 Å². The van der Waals surface area contributed by atoms with Gasteiger partial charge >= 0.3 is 0 Å². The van der Waals surface area contributed by atoms with Gasteiger partial charge in [-0.15, -0.1) is 17.0 Å². The zero-order valence-electron chi connectivity index (χ0n) is 53.8. The summed E-state index contributed by atoms with van der Waals surface area (Å²) in [5.41, 5.74) is 17.3. The maximum atomic E-state index is 12.0. The Labute approximate surface area is 598 Å². The van der Waals surface area contributed by atoms with Crippen molar-refractivity contribution in [2.24, 2.45) is 17.2 Å². The van der Waals surface area contributed by atoms with Crippen LogP contribution in [0.25, 0.3) is 0 Å². The van der Waals surface area contributed by atoms with Gasteiger partial charge in [-0.2, -0.15) is 0 Å². The number of aliphatic hydroxyl groups is 2.